The lowest BCUT2D eigenvalue weighted by molar-refractivity contribution is 0.0936. The van der Waals surface area contributed by atoms with E-state index in [9.17, 15) is 13.6 Å². The summed E-state index contributed by atoms with van der Waals surface area (Å²) >= 11 is 0. The van der Waals surface area contributed by atoms with Gasteiger partial charge in [-0.25, -0.2) is 8.78 Å². The maximum Gasteiger partial charge on any atom is 0.257 e. The molecule has 1 amide bonds. The second-order valence-electron chi connectivity index (χ2n) is 5.64. The summed E-state index contributed by atoms with van der Waals surface area (Å²) in [4.78, 5) is 12.3. The van der Waals surface area contributed by atoms with Crippen molar-refractivity contribution in [1.29, 1.82) is 0 Å². The van der Waals surface area contributed by atoms with Crippen LogP contribution in [-0.2, 0) is 5.54 Å². The summed E-state index contributed by atoms with van der Waals surface area (Å²) in [6.45, 7) is 4.91. The molecule has 118 valence electrons. The molecule has 2 aromatic rings. The van der Waals surface area contributed by atoms with Gasteiger partial charge >= 0.3 is 0 Å². The molecule has 5 nitrogen and oxygen atoms in total. The SMILES string of the molecule is CC(NC(=O)c1conc1C(C)(C)N)c1cccc(F)c1F. The van der Waals surface area contributed by atoms with Crippen LogP contribution in [0, 0.1) is 11.6 Å². The van der Waals surface area contributed by atoms with E-state index in [-0.39, 0.29) is 16.8 Å². The lowest BCUT2D eigenvalue weighted by Gasteiger charge is -2.18. The van der Waals surface area contributed by atoms with Gasteiger partial charge in [0.25, 0.3) is 5.91 Å². The van der Waals surface area contributed by atoms with E-state index in [1.165, 1.54) is 18.4 Å². The molecule has 1 aromatic carbocycles. The van der Waals surface area contributed by atoms with Crippen LogP contribution in [0.1, 0.15) is 48.4 Å². The van der Waals surface area contributed by atoms with Crippen molar-refractivity contribution in [2.75, 3.05) is 0 Å². The van der Waals surface area contributed by atoms with Gasteiger partial charge in [0.05, 0.1) is 11.6 Å². The highest BCUT2D eigenvalue weighted by Gasteiger charge is 2.27. The molecule has 0 radical (unpaired) electrons. The zero-order valence-electron chi connectivity index (χ0n) is 12.5. The van der Waals surface area contributed by atoms with E-state index in [0.717, 1.165) is 6.07 Å². The van der Waals surface area contributed by atoms with Gasteiger partial charge in [0.1, 0.15) is 17.5 Å². The van der Waals surface area contributed by atoms with Crippen LogP contribution in [0.4, 0.5) is 8.78 Å². The molecule has 2 rings (SSSR count). The Morgan fingerprint density at radius 1 is 1.41 bits per heavy atom. The molecule has 7 heteroatoms. The second kappa shape index (κ2) is 5.84. The predicted octanol–water partition coefficient (Wildman–Crippen LogP) is 2.64. The standard InChI is InChI=1S/C15H17F2N3O2/c1-8(9-5-4-6-11(16)12(9)17)19-14(21)10-7-22-20-13(10)15(2,3)18/h4-8H,18H2,1-3H3,(H,19,21). The van der Waals surface area contributed by atoms with Crippen LogP contribution >= 0.6 is 0 Å². The summed E-state index contributed by atoms with van der Waals surface area (Å²) < 4.78 is 31.8. The number of benzene rings is 1. The Labute approximate surface area is 126 Å². The van der Waals surface area contributed by atoms with Crippen molar-refractivity contribution in [3.63, 3.8) is 0 Å². The fourth-order valence-electron chi connectivity index (χ4n) is 2.07. The zero-order valence-corrected chi connectivity index (χ0v) is 12.5. The Kier molecular flexibility index (Phi) is 4.27. The zero-order chi connectivity index (χ0) is 16.5. The van der Waals surface area contributed by atoms with Gasteiger partial charge in [0, 0.05) is 5.56 Å². The van der Waals surface area contributed by atoms with Crippen LogP contribution in [0.2, 0.25) is 0 Å². The molecule has 1 unspecified atom stereocenters. The van der Waals surface area contributed by atoms with Gasteiger partial charge in [-0.1, -0.05) is 17.3 Å². The third kappa shape index (κ3) is 3.14. The van der Waals surface area contributed by atoms with Crippen molar-refractivity contribution in [2.24, 2.45) is 5.73 Å². The molecule has 0 saturated heterocycles. The number of rotatable bonds is 4. The van der Waals surface area contributed by atoms with Crippen molar-refractivity contribution in [2.45, 2.75) is 32.4 Å². The highest BCUT2D eigenvalue weighted by molar-refractivity contribution is 5.95. The first-order valence-corrected chi connectivity index (χ1v) is 6.70. The Morgan fingerprint density at radius 3 is 2.73 bits per heavy atom. The Bertz CT molecular complexity index is 692. The van der Waals surface area contributed by atoms with Crippen molar-refractivity contribution in [3.8, 4) is 0 Å². The van der Waals surface area contributed by atoms with Crippen LogP contribution in [0.25, 0.3) is 0 Å². The molecular weight excluding hydrogens is 292 g/mol. The van der Waals surface area contributed by atoms with E-state index in [2.05, 4.69) is 10.5 Å². The molecule has 1 atom stereocenters. The van der Waals surface area contributed by atoms with E-state index in [0.29, 0.717) is 0 Å². The molecule has 3 N–H and O–H groups in total. The summed E-state index contributed by atoms with van der Waals surface area (Å²) in [6, 6.07) is 3.07. The van der Waals surface area contributed by atoms with E-state index < -0.39 is 29.1 Å². The van der Waals surface area contributed by atoms with Crippen LogP contribution < -0.4 is 11.1 Å². The lowest BCUT2D eigenvalue weighted by atomic mass is 9.98. The van der Waals surface area contributed by atoms with Gasteiger partial charge < -0.3 is 15.6 Å². The third-order valence-corrected chi connectivity index (χ3v) is 3.22. The number of hydrogen-bond donors (Lipinski definition) is 2. The topological polar surface area (TPSA) is 81.2 Å². The minimum absolute atomic E-state index is 0.0540. The van der Waals surface area contributed by atoms with E-state index in [4.69, 9.17) is 10.3 Å². The van der Waals surface area contributed by atoms with Gasteiger partial charge in [0.15, 0.2) is 11.6 Å². The molecule has 0 aliphatic rings. The van der Waals surface area contributed by atoms with Gasteiger partial charge in [-0.2, -0.15) is 0 Å². The van der Waals surface area contributed by atoms with Gasteiger partial charge in [-0.3, -0.25) is 4.79 Å². The first kappa shape index (κ1) is 16.1. The molecule has 0 bridgehead atoms. The summed E-state index contributed by atoms with van der Waals surface area (Å²) in [5.74, 6) is -2.47. The van der Waals surface area contributed by atoms with Gasteiger partial charge in [0.2, 0.25) is 0 Å². The summed E-state index contributed by atoms with van der Waals surface area (Å²) in [6.07, 6.45) is 1.17. The smallest absolute Gasteiger partial charge is 0.257 e. The summed E-state index contributed by atoms with van der Waals surface area (Å²) in [5.41, 5.74) is 5.55. The minimum Gasteiger partial charge on any atom is -0.364 e. The number of carbonyl (C=O) groups is 1. The number of nitrogens with two attached hydrogens (primary N) is 1. The third-order valence-electron chi connectivity index (χ3n) is 3.22. The van der Waals surface area contributed by atoms with Crippen molar-refractivity contribution in [1.82, 2.24) is 10.5 Å². The molecular formula is C15H17F2N3O2. The van der Waals surface area contributed by atoms with E-state index in [1.807, 2.05) is 0 Å². The number of nitrogens with zero attached hydrogens (tertiary/aromatic N) is 1. The van der Waals surface area contributed by atoms with Gasteiger partial charge in [-0.05, 0) is 26.8 Å². The number of amides is 1. The molecule has 0 aliphatic heterocycles. The molecule has 1 aromatic heterocycles. The number of aromatic nitrogens is 1. The maximum atomic E-state index is 13.7. The Morgan fingerprint density at radius 2 is 2.09 bits per heavy atom. The monoisotopic (exact) mass is 309 g/mol. The highest BCUT2D eigenvalue weighted by Crippen LogP contribution is 2.22. The molecule has 0 saturated carbocycles. The molecule has 0 aliphatic carbocycles. The highest BCUT2D eigenvalue weighted by atomic mass is 19.2. The quantitative estimate of drug-likeness (QED) is 0.909. The molecule has 0 fully saturated rings. The van der Waals surface area contributed by atoms with Crippen molar-refractivity contribution < 1.29 is 18.1 Å². The normalized spacial score (nSPS) is 13.0. The van der Waals surface area contributed by atoms with Crippen LogP contribution in [-0.4, -0.2) is 11.1 Å². The number of halogens is 2. The summed E-state index contributed by atoms with van der Waals surface area (Å²) in [7, 11) is 0. The molecule has 1 heterocycles. The number of nitrogens with one attached hydrogen (secondary N) is 1. The van der Waals surface area contributed by atoms with E-state index >= 15 is 0 Å². The predicted molar refractivity (Wildman–Crippen MR) is 76.0 cm³/mol. The maximum absolute atomic E-state index is 13.7. The number of carbonyl (C=O) groups excluding carboxylic acids is 1. The molecule has 22 heavy (non-hydrogen) atoms. The minimum atomic E-state index is -0.986. The van der Waals surface area contributed by atoms with Crippen molar-refractivity contribution >= 4 is 5.91 Å². The first-order valence-electron chi connectivity index (χ1n) is 6.70. The average molecular weight is 309 g/mol. The fourth-order valence-corrected chi connectivity index (χ4v) is 2.07. The fraction of sp³-hybridized carbons (Fsp3) is 0.333. The van der Waals surface area contributed by atoms with Crippen molar-refractivity contribution in [3.05, 3.63) is 52.9 Å². The largest absolute Gasteiger partial charge is 0.364 e. The van der Waals surface area contributed by atoms with E-state index in [1.54, 1.807) is 20.8 Å². The van der Waals surface area contributed by atoms with Crippen LogP contribution in [0.5, 0.6) is 0 Å². The van der Waals surface area contributed by atoms with Crippen LogP contribution in [0.15, 0.2) is 29.0 Å². The first-order chi connectivity index (χ1) is 10.2. The van der Waals surface area contributed by atoms with Crippen LogP contribution in [0.3, 0.4) is 0 Å². The Balaban J connectivity index is 2.23. The molecule has 0 spiro atoms. The number of hydrogen-bond acceptors (Lipinski definition) is 4. The summed E-state index contributed by atoms with van der Waals surface area (Å²) in [5, 5.41) is 6.30. The second-order valence-corrected chi connectivity index (χ2v) is 5.64. The average Bonchev–Trinajstić information content (AvgIpc) is 2.91. The lowest BCUT2D eigenvalue weighted by Crippen LogP contribution is -2.34. The van der Waals surface area contributed by atoms with Gasteiger partial charge in [-0.15, -0.1) is 0 Å². The Hall–Kier alpha value is -2.28.